The molecule has 0 atom stereocenters. The summed E-state index contributed by atoms with van der Waals surface area (Å²) >= 11 is 3.38. The van der Waals surface area contributed by atoms with E-state index in [2.05, 4.69) is 50.1 Å². The van der Waals surface area contributed by atoms with Crippen LogP contribution in [0.2, 0.25) is 0 Å². The summed E-state index contributed by atoms with van der Waals surface area (Å²) in [5, 5.41) is 12.7. The summed E-state index contributed by atoms with van der Waals surface area (Å²) in [6, 6.07) is 4.23. The number of aromatic nitrogens is 1. The monoisotopic (exact) mass is 310 g/mol. The van der Waals surface area contributed by atoms with Crippen LogP contribution >= 0.6 is 22.7 Å². The number of rotatable bonds is 5. The highest BCUT2D eigenvalue weighted by Gasteiger charge is 2.24. The molecule has 3 nitrogen and oxygen atoms in total. The molecule has 2 aromatic rings. The molecule has 2 rings (SSSR count). The second-order valence-electron chi connectivity index (χ2n) is 5.77. The van der Waals surface area contributed by atoms with Crippen molar-refractivity contribution in [1.82, 2.24) is 4.98 Å². The SMILES string of the molecule is CCN(Cc1cccs1)c1nc(C(C)(C)C)c(CO)s1. The Morgan fingerprint density at radius 2 is 2.10 bits per heavy atom. The fraction of sp³-hybridized carbons (Fsp3) is 0.533. The van der Waals surface area contributed by atoms with E-state index in [-0.39, 0.29) is 12.0 Å². The van der Waals surface area contributed by atoms with Crippen molar-refractivity contribution in [1.29, 1.82) is 0 Å². The Morgan fingerprint density at radius 3 is 2.55 bits per heavy atom. The van der Waals surface area contributed by atoms with Crippen LogP contribution in [0.3, 0.4) is 0 Å². The van der Waals surface area contributed by atoms with Crippen LogP contribution in [-0.2, 0) is 18.6 Å². The highest BCUT2D eigenvalue weighted by molar-refractivity contribution is 7.15. The zero-order valence-electron chi connectivity index (χ0n) is 12.5. The van der Waals surface area contributed by atoms with Gasteiger partial charge in [0.05, 0.1) is 23.7 Å². The van der Waals surface area contributed by atoms with Gasteiger partial charge in [-0.05, 0) is 18.4 Å². The lowest BCUT2D eigenvalue weighted by Crippen LogP contribution is -2.22. The van der Waals surface area contributed by atoms with Gasteiger partial charge in [0.15, 0.2) is 5.13 Å². The van der Waals surface area contributed by atoms with Crippen LogP contribution in [0.4, 0.5) is 5.13 Å². The molecule has 2 aromatic heterocycles. The molecule has 0 aliphatic rings. The van der Waals surface area contributed by atoms with E-state index in [0.717, 1.165) is 28.8 Å². The van der Waals surface area contributed by atoms with Crippen LogP contribution < -0.4 is 4.90 Å². The number of aliphatic hydroxyl groups excluding tert-OH is 1. The number of thiazole rings is 1. The van der Waals surface area contributed by atoms with Crippen molar-refractivity contribution in [2.45, 2.75) is 46.3 Å². The summed E-state index contributed by atoms with van der Waals surface area (Å²) in [4.78, 5) is 9.38. The Balaban J connectivity index is 2.28. The number of thiophene rings is 1. The molecule has 0 fully saturated rings. The van der Waals surface area contributed by atoms with Gasteiger partial charge in [-0.15, -0.1) is 11.3 Å². The summed E-state index contributed by atoms with van der Waals surface area (Å²) in [6.45, 7) is 10.4. The van der Waals surface area contributed by atoms with Crippen molar-refractivity contribution in [2.24, 2.45) is 0 Å². The molecular formula is C15H22N2OS2. The average molecular weight is 310 g/mol. The molecular weight excluding hydrogens is 288 g/mol. The smallest absolute Gasteiger partial charge is 0.186 e. The van der Waals surface area contributed by atoms with Gasteiger partial charge in [0.25, 0.3) is 0 Å². The molecule has 0 unspecified atom stereocenters. The summed E-state index contributed by atoms with van der Waals surface area (Å²) in [7, 11) is 0. The Morgan fingerprint density at radius 1 is 1.35 bits per heavy atom. The average Bonchev–Trinajstić information content (AvgIpc) is 3.03. The van der Waals surface area contributed by atoms with Crippen LogP contribution in [-0.4, -0.2) is 16.6 Å². The van der Waals surface area contributed by atoms with Gasteiger partial charge in [0.1, 0.15) is 0 Å². The topological polar surface area (TPSA) is 36.4 Å². The molecule has 110 valence electrons. The molecule has 1 N–H and O–H groups in total. The van der Waals surface area contributed by atoms with E-state index in [1.54, 1.807) is 22.7 Å². The first-order valence-corrected chi connectivity index (χ1v) is 8.53. The molecule has 20 heavy (non-hydrogen) atoms. The van der Waals surface area contributed by atoms with Gasteiger partial charge >= 0.3 is 0 Å². The van der Waals surface area contributed by atoms with Crippen molar-refractivity contribution >= 4 is 27.8 Å². The fourth-order valence-electron chi connectivity index (χ4n) is 2.07. The summed E-state index contributed by atoms with van der Waals surface area (Å²) in [5.74, 6) is 0. The van der Waals surface area contributed by atoms with Crippen molar-refractivity contribution < 1.29 is 5.11 Å². The molecule has 2 heterocycles. The first-order valence-electron chi connectivity index (χ1n) is 6.84. The van der Waals surface area contributed by atoms with Gasteiger partial charge in [0, 0.05) is 16.8 Å². The molecule has 0 aromatic carbocycles. The van der Waals surface area contributed by atoms with E-state index >= 15 is 0 Å². The maximum atomic E-state index is 9.56. The van der Waals surface area contributed by atoms with Crippen molar-refractivity contribution in [3.05, 3.63) is 33.0 Å². The van der Waals surface area contributed by atoms with E-state index in [0.29, 0.717) is 0 Å². The number of anilines is 1. The molecule has 0 radical (unpaired) electrons. The minimum atomic E-state index is -0.0326. The highest BCUT2D eigenvalue weighted by atomic mass is 32.1. The minimum absolute atomic E-state index is 0.0326. The summed E-state index contributed by atoms with van der Waals surface area (Å²) in [5.41, 5.74) is 0.986. The van der Waals surface area contributed by atoms with Gasteiger partial charge in [-0.1, -0.05) is 38.2 Å². The van der Waals surface area contributed by atoms with E-state index < -0.39 is 0 Å². The normalized spacial score (nSPS) is 11.8. The largest absolute Gasteiger partial charge is 0.391 e. The van der Waals surface area contributed by atoms with Crippen LogP contribution in [0.1, 0.15) is 43.1 Å². The van der Waals surface area contributed by atoms with E-state index in [1.165, 1.54) is 4.88 Å². The van der Waals surface area contributed by atoms with Crippen LogP contribution in [0.25, 0.3) is 0 Å². The van der Waals surface area contributed by atoms with Crippen LogP contribution in [0.5, 0.6) is 0 Å². The maximum absolute atomic E-state index is 9.56. The molecule has 0 spiro atoms. The highest BCUT2D eigenvalue weighted by Crippen LogP contribution is 2.34. The lowest BCUT2D eigenvalue weighted by Gasteiger charge is -2.20. The van der Waals surface area contributed by atoms with Crippen molar-refractivity contribution in [3.8, 4) is 0 Å². The molecule has 0 amide bonds. The third-order valence-electron chi connectivity index (χ3n) is 3.12. The van der Waals surface area contributed by atoms with E-state index in [9.17, 15) is 5.11 Å². The third kappa shape index (κ3) is 3.40. The quantitative estimate of drug-likeness (QED) is 0.906. The van der Waals surface area contributed by atoms with Crippen molar-refractivity contribution in [3.63, 3.8) is 0 Å². The standard InChI is InChI=1S/C15H22N2OS2/c1-5-17(9-11-7-6-8-19-11)14-16-13(15(2,3)4)12(10-18)20-14/h6-8,18H,5,9-10H2,1-4H3. The number of aliphatic hydroxyl groups is 1. The van der Waals surface area contributed by atoms with E-state index in [1.807, 2.05) is 0 Å². The zero-order chi connectivity index (χ0) is 14.8. The molecule has 0 saturated heterocycles. The molecule has 0 aliphatic carbocycles. The minimum Gasteiger partial charge on any atom is -0.391 e. The third-order valence-corrected chi connectivity index (χ3v) is 5.08. The predicted molar refractivity (Wildman–Crippen MR) is 87.8 cm³/mol. The van der Waals surface area contributed by atoms with Gasteiger partial charge in [-0.25, -0.2) is 4.98 Å². The van der Waals surface area contributed by atoms with Gasteiger partial charge in [0.2, 0.25) is 0 Å². The fourth-order valence-corrected chi connectivity index (χ4v) is 3.99. The lowest BCUT2D eigenvalue weighted by molar-refractivity contribution is 0.282. The molecule has 0 aliphatic heterocycles. The van der Waals surface area contributed by atoms with Gasteiger partial charge in [-0.3, -0.25) is 0 Å². The first kappa shape index (κ1) is 15.5. The Bertz CT molecular complexity index is 541. The number of nitrogens with zero attached hydrogens (tertiary/aromatic N) is 2. The van der Waals surface area contributed by atoms with Crippen molar-refractivity contribution in [2.75, 3.05) is 11.4 Å². The Kier molecular flexibility index (Phi) is 4.83. The second kappa shape index (κ2) is 6.24. The van der Waals surface area contributed by atoms with Crippen LogP contribution in [0.15, 0.2) is 17.5 Å². The molecule has 5 heteroatoms. The number of hydrogen-bond donors (Lipinski definition) is 1. The van der Waals surface area contributed by atoms with Gasteiger partial charge < -0.3 is 10.0 Å². The summed E-state index contributed by atoms with van der Waals surface area (Å²) in [6.07, 6.45) is 0. The van der Waals surface area contributed by atoms with E-state index in [4.69, 9.17) is 4.98 Å². The summed E-state index contributed by atoms with van der Waals surface area (Å²) < 4.78 is 0. The Hall–Kier alpha value is -0.910. The lowest BCUT2D eigenvalue weighted by atomic mass is 9.91. The molecule has 0 saturated carbocycles. The zero-order valence-corrected chi connectivity index (χ0v) is 14.1. The Labute approximate surface area is 128 Å². The second-order valence-corrected chi connectivity index (χ2v) is 7.86. The van der Waals surface area contributed by atoms with Crippen LogP contribution in [0, 0.1) is 0 Å². The maximum Gasteiger partial charge on any atom is 0.186 e. The number of hydrogen-bond acceptors (Lipinski definition) is 5. The van der Waals surface area contributed by atoms with Gasteiger partial charge in [-0.2, -0.15) is 0 Å². The first-order chi connectivity index (χ1) is 9.45. The molecule has 0 bridgehead atoms. The predicted octanol–water partition coefficient (Wildman–Crippen LogP) is 4.02.